The molecule has 8 heteroatoms. The number of benzene rings is 1. The molecule has 1 amide bonds. The minimum Gasteiger partial charge on any atom is -0.337 e. The van der Waals surface area contributed by atoms with Crippen molar-refractivity contribution >= 4 is 33.5 Å². The topological polar surface area (TPSA) is 90.9 Å². The molecule has 2 aromatic carbocycles. The van der Waals surface area contributed by atoms with Gasteiger partial charge in [0.15, 0.2) is 0 Å². The number of carbonyl (C=O) groups excluding carboxylic acids is 1. The van der Waals surface area contributed by atoms with Crippen LogP contribution < -0.4 is 10.0 Å². The summed E-state index contributed by atoms with van der Waals surface area (Å²) in [4.78, 5) is 19.2. The Bertz CT molecular complexity index is 1120. The zero-order valence-corrected chi connectivity index (χ0v) is 20.5. The Morgan fingerprint density at radius 2 is 1.88 bits per heavy atom. The Labute approximate surface area is 202 Å². The Morgan fingerprint density at radius 3 is 2.62 bits per heavy atom. The van der Waals surface area contributed by atoms with Gasteiger partial charge in [-0.15, -0.1) is 0 Å². The maximum atomic E-state index is 13.3. The molecule has 4 rings (SSSR count). The highest BCUT2D eigenvalue weighted by atomic mass is 32.2. The number of amides is 1. The number of carbonyl (C=O) groups is 1. The Kier molecular flexibility index (Phi) is 7.86. The number of rotatable bonds is 6. The molecule has 2 aromatic rings. The van der Waals surface area contributed by atoms with Crippen LogP contribution in [0.25, 0.3) is 0 Å². The molecule has 1 aliphatic heterocycles. The van der Waals surface area contributed by atoms with E-state index in [0.29, 0.717) is 30.0 Å². The molecule has 1 aliphatic carbocycles. The highest BCUT2D eigenvalue weighted by Gasteiger charge is 2.26. The second-order valence-electron chi connectivity index (χ2n) is 8.84. The summed E-state index contributed by atoms with van der Waals surface area (Å²) in [6.07, 6.45) is 8.02. The van der Waals surface area contributed by atoms with Gasteiger partial charge in [0.25, 0.3) is 15.9 Å². The summed E-state index contributed by atoms with van der Waals surface area (Å²) in [6, 6.07) is 14.1. The third-order valence-electron chi connectivity index (χ3n) is 6.47. The molecule has 0 radical (unpaired) electrons. The smallest absolute Gasteiger partial charge is 0.264 e. The first-order valence-corrected chi connectivity index (χ1v) is 13.6. The van der Waals surface area contributed by atoms with Crippen LogP contribution in [-0.2, 0) is 10.0 Å². The Hall–Kier alpha value is -2.89. The van der Waals surface area contributed by atoms with E-state index in [4.69, 9.17) is 0 Å². The molecule has 1 heterocycles. The van der Waals surface area contributed by atoms with Crippen LogP contribution in [0.1, 0.15) is 67.3 Å². The molecule has 2 N–H and O–H groups in total. The number of nitrogens with zero attached hydrogens (tertiary/aromatic N) is 2. The van der Waals surface area contributed by atoms with Crippen molar-refractivity contribution in [2.45, 2.75) is 56.3 Å². The van der Waals surface area contributed by atoms with E-state index in [2.05, 4.69) is 27.2 Å². The summed E-state index contributed by atoms with van der Waals surface area (Å²) < 4.78 is 29.3. The van der Waals surface area contributed by atoms with Crippen LogP contribution in [0.5, 0.6) is 0 Å². The van der Waals surface area contributed by atoms with Crippen LogP contribution in [0, 0.1) is 12.1 Å². The predicted molar refractivity (Wildman–Crippen MR) is 134 cm³/mol. The molecule has 0 aromatic heterocycles. The van der Waals surface area contributed by atoms with E-state index in [-0.39, 0.29) is 16.7 Å². The quantitative estimate of drug-likeness (QED) is 0.604. The normalized spacial score (nSPS) is 17.9. The van der Waals surface area contributed by atoms with Gasteiger partial charge in [-0.1, -0.05) is 31.4 Å². The first kappa shape index (κ1) is 24.2. The highest BCUT2D eigenvalue weighted by Crippen LogP contribution is 2.39. The van der Waals surface area contributed by atoms with Crippen molar-refractivity contribution < 1.29 is 13.2 Å². The molecule has 0 bridgehead atoms. The monoisotopic (exact) mass is 480 g/mol. The summed E-state index contributed by atoms with van der Waals surface area (Å²) in [5, 5.41) is 3.29. The van der Waals surface area contributed by atoms with Gasteiger partial charge in [0, 0.05) is 48.7 Å². The maximum Gasteiger partial charge on any atom is 0.264 e. The van der Waals surface area contributed by atoms with Gasteiger partial charge < -0.3 is 10.2 Å². The van der Waals surface area contributed by atoms with E-state index in [1.54, 1.807) is 37.4 Å². The fourth-order valence-electron chi connectivity index (χ4n) is 4.72. The molecule has 1 saturated carbocycles. The van der Waals surface area contributed by atoms with Crippen molar-refractivity contribution in [3.8, 4) is 0 Å². The minimum absolute atomic E-state index is 0.0389. The van der Waals surface area contributed by atoms with Gasteiger partial charge in [-0.25, -0.2) is 8.42 Å². The van der Waals surface area contributed by atoms with Gasteiger partial charge in [-0.05, 0) is 62.9 Å². The standard InChI is InChI=1S/C26H32N4O3S/c1-2-28-25-23(20-8-4-3-5-9-20)10-6-11-24(25)34(32,33)29-22-14-12-21(13-15-22)26(31)30-18-7-16-27-17-19-30/h2,11-15,20,27,29H,3-5,7-9,16-19H2,1H3. The molecule has 180 valence electrons. The molecule has 2 aliphatic rings. The van der Waals surface area contributed by atoms with Gasteiger partial charge in [0.1, 0.15) is 4.90 Å². The van der Waals surface area contributed by atoms with Gasteiger partial charge in [-0.3, -0.25) is 14.5 Å². The van der Waals surface area contributed by atoms with Gasteiger partial charge in [-0.2, -0.15) is 0 Å². The lowest BCUT2D eigenvalue weighted by Gasteiger charge is -2.22. The van der Waals surface area contributed by atoms with Crippen LogP contribution in [0.4, 0.5) is 11.4 Å². The fourth-order valence-corrected chi connectivity index (χ4v) is 5.90. The number of anilines is 1. The van der Waals surface area contributed by atoms with Crippen molar-refractivity contribution in [1.29, 1.82) is 0 Å². The van der Waals surface area contributed by atoms with Crippen LogP contribution in [-0.4, -0.2) is 51.6 Å². The third-order valence-corrected chi connectivity index (χ3v) is 7.87. The molecule has 0 atom stereocenters. The van der Waals surface area contributed by atoms with Crippen LogP contribution in [0.3, 0.4) is 0 Å². The Morgan fingerprint density at radius 1 is 1.12 bits per heavy atom. The summed E-state index contributed by atoms with van der Waals surface area (Å²) >= 11 is 0. The number of nitrogens with one attached hydrogen (secondary N) is 2. The lowest BCUT2D eigenvalue weighted by atomic mass is 9.84. The van der Waals surface area contributed by atoms with Crippen molar-refractivity contribution in [3.05, 3.63) is 53.6 Å². The Balaban J connectivity index is 1.55. The van der Waals surface area contributed by atoms with Gasteiger partial charge in [0.2, 0.25) is 0 Å². The number of hydrogen-bond acceptors (Lipinski definition) is 5. The van der Waals surface area contributed by atoms with Gasteiger partial charge >= 0.3 is 0 Å². The fraction of sp³-hybridized carbons (Fsp3) is 0.462. The average molecular weight is 481 g/mol. The van der Waals surface area contributed by atoms with Crippen molar-refractivity contribution in [3.63, 3.8) is 0 Å². The highest BCUT2D eigenvalue weighted by molar-refractivity contribution is 7.92. The molecule has 34 heavy (non-hydrogen) atoms. The second kappa shape index (κ2) is 11.0. The molecular formula is C26H32N4O3S. The number of hydrogen-bond donors (Lipinski definition) is 2. The summed E-state index contributed by atoms with van der Waals surface area (Å²) in [6.45, 7) is 4.85. The largest absolute Gasteiger partial charge is 0.337 e. The lowest BCUT2D eigenvalue weighted by molar-refractivity contribution is 0.0766. The van der Waals surface area contributed by atoms with Crippen LogP contribution in [0.2, 0.25) is 0 Å². The molecule has 7 nitrogen and oxygen atoms in total. The number of aliphatic imine (C=N–C) groups is 1. The first-order chi connectivity index (χ1) is 16.5. The lowest BCUT2D eigenvalue weighted by Crippen LogP contribution is -2.34. The average Bonchev–Trinajstić information content (AvgIpc) is 3.14. The summed E-state index contributed by atoms with van der Waals surface area (Å²) in [5.74, 6) is 0.210. The minimum atomic E-state index is -3.90. The second-order valence-corrected chi connectivity index (χ2v) is 10.5. The van der Waals surface area contributed by atoms with Crippen molar-refractivity contribution in [2.75, 3.05) is 30.9 Å². The van der Waals surface area contributed by atoms with Gasteiger partial charge in [0.05, 0.1) is 5.69 Å². The van der Waals surface area contributed by atoms with E-state index in [1.165, 1.54) is 12.5 Å². The van der Waals surface area contributed by atoms with E-state index < -0.39 is 10.0 Å². The maximum absolute atomic E-state index is 13.3. The van der Waals surface area contributed by atoms with Crippen molar-refractivity contribution in [2.24, 2.45) is 4.99 Å². The van der Waals surface area contributed by atoms with Crippen LogP contribution in [0.15, 0.2) is 40.2 Å². The predicted octanol–water partition coefficient (Wildman–Crippen LogP) is 4.29. The van der Waals surface area contributed by atoms with E-state index in [0.717, 1.165) is 50.8 Å². The van der Waals surface area contributed by atoms with Crippen molar-refractivity contribution in [1.82, 2.24) is 10.2 Å². The first-order valence-electron chi connectivity index (χ1n) is 12.1. The van der Waals surface area contributed by atoms with E-state index in [9.17, 15) is 13.2 Å². The molecule has 2 fully saturated rings. The summed E-state index contributed by atoms with van der Waals surface area (Å²) in [7, 11) is -3.90. The molecule has 1 saturated heterocycles. The van der Waals surface area contributed by atoms with E-state index in [1.807, 2.05) is 4.90 Å². The SMILES string of the molecule is CC=Nc1c(C2CCCCC2)c#ccc1S(=O)(=O)Nc1ccc(C(=O)N2CCCNCC2)cc1. The zero-order valence-electron chi connectivity index (χ0n) is 19.6. The third kappa shape index (κ3) is 5.60. The zero-order chi connectivity index (χ0) is 24.0. The number of sulfonamides is 1. The van der Waals surface area contributed by atoms with E-state index >= 15 is 0 Å². The van der Waals surface area contributed by atoms with Crippen LogP contribution >= 0.6 is 0 Å². The molecular weight excluding hydrogens is 448 g/mol. The molecule has 0 unspecified atom stereocenters. The molecule has 0 spiro atoms. The summed E-state index contributed by atoms with van der Waals surface area (Å²) in [5.41, 5.74) is 2.21.